The van der Waals surface area contributed by atoms with Crippen LogP contribution in [-0.2, 0) is 19.0 Å². The van der Waals surface area contributed by atoms with Gasteiger partial charge in [0.05, 0.1) is 33.0 Å². The van der Waals surface area contributed by atoms with Crippen LogP contribution in [0, 0.1) is 0 Å². The van der Waals surface area contributed by atoms with E-state index in [1.807, 2.05) is 20.9 Å². The van der Waals surface area contributed by atoms with Crippen LogP contribution >= 0.6 is 0 Å². The third-order valence-electron chi connectivity index (χ3n) is 2.66. The van der Waals surface area contributed by atoms with Crippen molar-refractivity contribution >= 4 is 5.91 Å². The van der Waals surface area contributed by atoms with E-state index in [1.54, 1.807) is 6.92 Å². The number of hydrogen-bond acceptors (Lipinski definition) is 5. The molecule has 0 saturated carbocycles. The Hall–Kier alpha value is -0.760. The Bertz CT molecular complexity index is 246. The topological polar surface area (TPSA) is 68.8 Å². The molecule has 0 radical (unpaired) electrons. The normalized spacial score (nSPS) is 11.5. The number of carbonyl (C=O) groups is 1. The van der Waals surface area contributed by atoms with Crippen molar-refractivity contribution in [3.63, 3.8) is 0 Å². The van der Waals surface area contributed by atoms with Gasteiger partial charge in [-0.1, -0.05) is 20.8 Å². The van der Waals surface area contributed by atoms with E-state index in [0.717, 1.165) is 6.54 Å². The summed E-state index contributed by atoms with van der Waals surface area (Å²) >= 11 is 0. The molecule has 0 fully saturated rings. The lowest BCUT2D eigenvalue weighted by Gasteiger charge is -2.10. The summed E-state index contributed by atoms with van der Waals surface area (Å²) in [6.07, 6.45) is -0.418. The van der Waals surface area contributed by atoms with Gasteiger partial charge in [-0.05, 0) is 7.05 Å². The SMILES string of the molecule is CC.CCC(=O)NCC(F)CCOCCOCCOCCNC. The summed E-state index contributed by atoms with van der Waals surface area (Å²) in [5.74, 6) is -0.135. The summed E-state index contributed by atoms with van der Waals surface area (Å²) < 4.78 is 29.2. The van der Waals surface area contributed by atoms with Crippen molar-refractivity contribution in [1.29, 1.82) is 0 Å². The standard InChI is InChI=1S/C14H29FN2O4.C2H6/c1-3-14(18)17-12-13(15)4-6-19-8-10-21-11-9-20-7-5-16-2;1-2/h13,16H,3-12H2,1-2H3,(H,17,18);1-2H3. The van der Waals surface area contributed by atoms with Crippen LogP contribution in [0.1, 0.15) is 33.6 Å². The first kappa shape index (κ1) is 24.5. The molecule has 0 rings (SSSR count). The van der Waals surface area contributed by atoms with Crippen LogP contribution in [0.3, 0.4) is 0 Å². The summed E-state index contributed by atoms with van der Waals surface area (Å²) in [5.41, 5.74) is 0. The zero-order chi connectivity index (χ0) is 17.8. The maximum atomic E-state index is 13.3. The van der Waals surface area contributed by atoms with Gasteiger partial charge in [-0.25, -0.2) is 4.39 Å². The Kier molecular flexibility index (Phi) is 22.6. The molecule has 0 spiro atoms. The Labute approximate surface area is 140 Å². The molecule has 0 aromatic heterocycles. The van der Waals surface area contributed by atoms with Crippen molar-refractivity contribution in [2.75, 3.05) is 59.8 Å². The molecule has 23 heavy (non-hydrogen) atoms. The van der Waals surface area contributed by atoms with Crippen LogP contribution in [0.25, 0.3) is 0 Å². The third kappa shape index (κ3) is 21.2. The van der Waals surface area contributed by atoms with Gasteiger partial charge in [0.1, 0.15) is 6.17 Å². The molecule has 6 nitrogen and oxygen atoms in total. The van der Waals surface area contributed by atoms with Gasteiger partial charge in [0.15, 0.2) is 0 Å². The van der Waals surface area contributed by atoms with E-state index in [2.05, 4.69) is 10.6 Å². The lowest BCUT2D eigenvalue weighted by molar-refractivity contribution is -0.121. The summed E-state index contributed by atoms with van der Waals surface area (Å²) in [7, 11) is 1.87. The van der Waals surface area contributed by atoms with E-state index in [9.17, 15) is 9.18 Å². The fourth-order valence-corrected chi connectivity index (χ4v) is 1.38. The molecule has 0 heterocycles. The molecule has 1 unspecified atom stereocenters. The predicted molar refractivity (Wildman–Crippen MR) is 90.5 cm³/mol. The molecule has 7 heteroatoms. The van der Waals surface area contributed by atoms with Gasteiger partial charge in [0.2, 0.25) is 5.91 Å². The minimum Gasteiger partial charge on any atom is -0.379 e. The molecule has 0 aliphatic heterocycles. The Balaban J connectivity index is 0. The first-order valence-corrected chi connectivity index (χ1v) is 8.49. The highest BCUT2D eigenvalue weighted by Crippen LogP contribution is 1.97. The summed E-state index contributed by atoms with van der Waals surface area (Å²) in [6.45, 7) is 9.60. The number of alkyl halides is 1. The van der Waals surface area contributed by atoms with E-state index in [4.69, 9.17) is 14.2 Å². The Morgan fingerprint density at radius 2 is 1.52 bits per heavy atom. The fourth-order valence-electron chi connectivity index (χ4n) is 1.38. The number of nitrogens with one attached hydrogen (secondary N) is 2. The van der Waals surface area contributed by atoms with Crippen molar-refractivity contribution in [1.82, 2.24) is 10.6 Å². The van der Waals surface area contributed by atoms with E-state index in [1.165, 1.54) is 0 Å². The van der Waals surface area contributed by atoms with E-state index < -0.39 is 6.17 Å². The number of halogens is 1. The van der Waals surface area contributed by atoms with Gasteiger partial charge >= 0.3 is 0 Å². The molecule has 140 valence electrons. The predicted octanol–water partition coefficient (Wildman–Crippen LogP) is 1.54. The maximum Gasteiger partial charge on any atom is 0.219 e. The van der Waals surface area contributed by atoms with Crippen molar-refractivity contribution < 1.29 is 23.4 Å². The van der Waals surface area contributed by atoms with Crippen molar-refractivity contribution in [2.45, 2.75) is 39.8 Å². The number of likely N-dealkylation sites (N-methyl/N-ethyl adjacent to an activating group) is 1. The Morgan fingerprint density at radius 3 is 2.04 bits per heavy atom. The average molecular weight is 338 g/mol. The highest BCUT2D eigenvalue weighted by Gasteiger charge is 2.07. The van der Waals surface area contributed by atoms with Gasteiger partial charge in [0, 0.05) is 32.5 Å². The minimum atomic E-state index is -1.07. The molecule has 2 N–H and O–H groups in total. The van der Waals surface area contributed by atoms with Gasteiger partial charge in [-0.3, -0.25) is 4.79 Å². The van der Waals surface area contributed by atoms with Gasteiger partial charge < -0.3 is 24.8 Å². The molecule has 0 saturated heterocycles. The summed E-state index contributed by atoms with van der Waals surface area (Å²) in [5, 5.41) is 5.49. The van der Waals surface area contributed by atoms with E-state index in [0.29, 0.717) is 46.1 Å². The fraction of sp³-hybridized carbons (Fsp3) is 0.938. The molecule has 0 aliphatic carbocycles. The molecule has 1 atom stereocenters. The second-order valence-corrected chi connectivity index (χ2v) is 4.48. The number of ether oxygens (including phenoxy) is 3. The zero-order valence-electron chi connectivity index (χ0n) is 15.2. The second kappa shape index (κ2) is 21.2. The molecule has 0 aromatic rings. The van der Waals surface area contributed by atoms with Crippen LogP contribution in [0.2, 0.25) is 0 Å². The summed E-state index contributed by atoms with van der Waals surface area (Å²) in [6, 6.07) is 0. The van der Waals surface area contributed by atoms with Crippen LogP contribution in [0.4, 0.5) is 4.39 Å². The first-order chi connectivity index (χ1) is 11.2. The third-order valence-corrected chi connectivity index (χ3v) is 2.66. The van der Waals surface area contributed by atoms with Crippen molar-refractivity contribution in [3.05, 3.63) is 0 Å². The summed E-state index contributed by atoms with van der Waals surface area (Å²) in [4.78, 5) is 10.9. The average Bonchev–Trinajstić information content (AvgIpc) is 2.59. The molecule has 0 bridgehead atoms. The van der Waals surface area contributed by atoms with Crippen LogP contribution in [0.5, 0.6) is 0 Å². The smallest absolute Gasteiger partial charge is 0.219 e. The second-order valence-electron chi connectivity index (χ2n) is 4.48. The van der Waals surface area contributed by atoms with Crippen LogP contribution in [-0.4, -0.2) is 71.9 Å². The van der Waals surface area contributed by atoms with Gasteiger partial charge in [-0.2, -0.15) is 0 Å². The van der Waals surface area contributed by atoms with E-state index in [-0.39, 0.29) is 18.9 Å². The lowest BCUT2D eigenvalue weighted by Crippen LogP contribution is -2.30. The van der Waals surface area contributed by atoms with Crippen molar-refractivity contribution in [3.8, 4) is 0 Å². The first-order valence-electron chi connectivity index (χ1n) is 8.49. The van der Waals surface area contributed by atoms with Crippen LogP contribution in [0.15, 0.2) is 0 Å². The molecule has 0 aliphatic rings. The molecule has 0 aromatic carbocycles. The Morgan fingerprint density at radius 1 is 1.00 bits per heavy atom. The quantitative estimate of drug-likeness (QED) is 0.443. The number of amides is 1. The molecular weight excluding hydrogens is 303 g/mol. The molecule has 1 amide bonds. The van der Waals surface area contributed by atoms with Gasteiger partial charge in [0.25, 0.3) is 0 Å². The number of hydrogen-bond donors (Lipinski definition) is 2. The zero-order valence-corrected chi connectivity index (χ0v) is 15.2. The molecular formula is C16H35FN2O4. The maximum absolute atomic E-state index is 13.3. The number of carbonyl (C=O) groups excluding carboxylic acids is 1. The minimum absolute atomic E-state index is 0.0521. The van der Waals surface area contributed by atoms with Gasteiger partial charge in [-0.15, -0.1) is 0 Å². The van der Waals surface area contributed by atoms with E-state index >= 15 is 0 Å². The largest absolute Gasteiger partial charge is 0.379 e. The highest BCUT2D eigenvalue weighted by atomic mass is 19.1. The monoisotopic (exact) mass is 338 g/mol. The number of rotatable bonds is 15. The lowest BCUT2D eigenvalue weighted by atomic mass is 10.3. The van der Waals surface area contributed by atoms with Crippen LogP contribution < -0.4 is 10.6 Å². The highest BCUT2D eigenvalue weighted by molar-refractivity contribution is 5.75. The van der Waals surface area contributed by atoms with Crippen molar-refractivity contribution in [2.24, 2.45) is 0 Å².